The quantitative estimate of drug-likeness (QED) is 0.363. The molecule has 5 nitrogen and oxygen atoms in total. The van der Waals surface area contributed by atoms with Crippen molar-refractivity contribution in [1.82, 2.24) is 9.55 Å². The largest absolute Gasteiger partial charge is 0.468 e. The van der Waals surface area contributed by atoms with Gasteiger partial charge in [0.1, 0.15) is 18.0 Å². The number of carbonyl (C=O) groups excluding carboxylic acids is 1. The van der Waals surface area contributed by atoms with E-state index in [0.29, 0.717) is 27.1 Å². The molecule has 0 bridgehead atoms. The van der Waals surface area contributed by atoms with Crippen LogP contribution in [-0.2, 0) is 16.1 Å². The molecule has 1 aliphatic rings. The number of imidazole rings is 1. The van der Waals surface area contributed by atoms with Gasteiger partial charge in [0.2, 0.25) is 0 Å². The molecule has 0 unspecified atom stereocenters. The van der Waals surface area contributed by atoms with E-state index in [9.17, 15) is 9.90 Å². The zero-order valence-electron chi connectivity index (χ0n) is 17.9. The minimum absolute atomic E-state index is 0.0332. The number of hydrogen-bond acceptors (Lipinski definition) is 4. The lowest BCUT2D eigenvalue weighted by Crippen LogP contribution is -2.22. The molecule has 0 saturated carbocycles. The Morgan fingerprint density at radius 3 is 2.58 bits per heavy atom. The standard InChI is InChI=1S/C26H22Cl2N2O3/c1-33-25(31)17-30-16-23(21-8-7-20(27)15-22(21)28)29-24(30)11-14-26(32)12-9-19(10-13-26)18-5-3-2-4-6-18/h2-16,19,32H,17H2,1H3/b14-11+. The molecule has 2 aromatic carbocycles. The Morgan fingerprint density at radius 1 is 1.18 bits per heavy atom. The average molecular weight is 481 g/mol. The van der Waals surface area contributed by atoms with E-state index in [-0.39, 0.29) is 12.5 Å². The zero-order chi connectivity index (χ0) is 23.4. The number of aromatic nitrogens is 2. The number of aliphatic hydroxyl groups is 1. The van der Waals surface area contributed by atoms with Crippen LogP contribution in [0.1, 0.15) is 17.3 Å². The summed E-state index contributed by atoms with van der Waals surface area (Å²) in [7, 11) is 1.33. The second kappa shape index (κ2) is 9.79. The highest BCUT2D eigenvalue weighted by Gasteiger charge is 2.22. The number of esters is 1. The van der Waals surface area contributed by atoms with Gasteiger partial charge < -0.3 is 14.4 Å². The summed E-state index contributed by atoms with van der Waals surface area (Å²) in [5, 5.41) is 12.0. The second-order valence-electron chi connectivity index (χ2n) is 7.69. The van der Waals surface area contributed by atoms with Crippen LogP contribution in [0.25, 0.3) is 17.3 Å². The highest BCUT2D eigenvalue weighted by Crippen LogP contribution is 2.31. The normalized spacial score (nSPS) is 19.8. The van der Waals surface area contributed by atoms with E-state index in [2.05, 4.69) is 4.98 Å². The Hall–Kier alpha value is -3.12. The van der Waals surface area contributed by atoms with Gasteiger partial charge in [0.15, 0.2) is 0 Å². The molecule has 0 spiro atoms. The highest BCUT2D eigenvalue weighted by atomic mass is 35.5. The molecule has 168 valence electrons. The van der Waals surface area contributed by atoms with E-state index in [1.54, 1.807) is 53.3 Å². The van der Waals surface area contributed by atoms with Gasteiger partial charge in [0.25, 0.3) is 0 Å². The van der Waals surface area contributed by atoms with Crippen LogP contribution in [0.4, 0.5) is 0 Å². The maximum atomic E-state index is 11.9. The first-order valence-corrected chi connectivity index (χ1v) is 11.1. The van der Waals surface area contributed by atoms with Gasteiger partial charge in [-0.2, -0.15) is 0 Å². The van der Waals surface area contributed by atoms with Gasteiger partial charge >= 0.3 is 5.97 Å². The SMILES string of the molecule is COC(=O)Cn1cc(-c2ccc(Cl)cc2Cl)nc1/C=C/C1(O)C=CC(c2ccccc2)C=C1. The Morgan fingerprint density at radius 2 is 1.91 bits per heavy atom. The summed E-state index contributed by atoms with van der Waals surface area (Å²) in [4.78, 5) is 16.5. The third-order valence-electron chi connectivity index (χ3n) is 5.37. The predicted molar refractivity (Wildman–Crippen MR) is 131 cm³/mol. The molecule has 1 N–H and O–H groups in total. The van der Waals surface area contributed by atoms with Crippen LogP contribution in [0.15, 0.2) is 85.1 Å². The molecule has 33 heavy (non-hydrogen) atoms. The lowest BCUT2D eigenvalue weighted by molar-refractivity contribution is -0.141. The Balaban J connectivity index is 1.61. The Kier molecular flexibility index (Phi) is 6.84. The fourth-order valence-electron chi connectivity index (χ4n) is 3.57. The molecule has 0 aliphatic heterocycles. The second-order valence-corrected chi connectivity index (χ2v) is 8.53. The number of halogens is 2. The molecule has 0 amide bonds. The van der Waals surface area contributed by atoms with Gasteiger partial charge in [-0.3, -0.25) is 4.79 Å². The van der Waals surface area contributed by atoms with Crippen LogP contribution < -0.4 is 0 Å². The number of rotatable bonds is 6. The molecule has 0 saturated heterocycles. The van der Waals surface area contributed by atoms with Crippen LogP contribution in [0.3, 0.4) is 0 Å². The van der Waals surface area contributed by atoms with E-state index < -0.39 is 11.6 Å². The smallest absolute Gasteiger partial charge is 0.325 e. The van der Waals surface area contributed by atoms with Gasteiger partial charge in [-0.25, -0.2) is 4.98 Å². The van der Waals surface area contributed by atoms with E-state index in [4.69, 9.17) is 27.9 Å². The molecule has 1 aliphatic carbocycles. The Labute approximate surface area is 202 Å². The highest BCUT2D eigenvalue weighted by molar-refractivity contribution is 6.36. The number of carbonyl (C=O) groups is 1. The molecule has 0 atom stereocenters. The van der Waals surface area contributed by atoms with Crippen molar-refractivity contribution < 1.29 is 14.6 Å². The molecular formula is C26H22Cl2N2O3. The van der Waals surface area contributed by atoms with Crippen molar-refractivity contribution in [1.29, 1.82) is 0 Å². The topological polar surface area (TPSA) is 64.4 Å². The van der Waals surface area contributed by atoms with Gasteiger partial charge in [-0.1, -0.05) is 65.7 Å². The first-order chi connectivity index (χ1) is 15.9. The van der Waals surface area contributed by atoms with Crippen molar-refractivity contribution in [3.05, 3.63) is 107 Å². The Bertz CT molecular complexity index is 1230. The maximum absolute atomic E-state index is 11.9. The molecule has 7 heteroatoms. The minimum Gasteiger partial charge on any atom is -0.468 e. The van der Waals surface area contributed by atoms with Crippen molar-refractivity contribution in [3.63, 3.8) is 0 Å². The maximum Gasteiger partial charge on any atom is 0.325 e. The fraction of sp³-hybridized carbons (Fsp3) is 0.154. The first kappa shape index (κ1) is 23.1. The van der Waals surface area contributed by atoms with Gasteiger partial charge in [-0.15, -0.1) is 0 Å². The summed E-state index contributed by atoms with van der Waals surface area (Å²) in [6.07, 6.45) is 12.4. The van der Waals surface area contributed by atoms with Crippen LogP contribution in [0, 0.1) is 0 Å². The van der Waals surface area contributed by atoms with Crippen molar-refractivity contribution in [2.24, 2.45) is 0 Å². The zero-order valence-corrected chi connectivity index (χ0v) is 19.4. The molecular weight excluding hydrogens is 459 g/mol. The number of hydrogen-bond donors (Lipinski definition) is 1. The van der Waals surface area contributed by atoms with Gasteiger partial charge in [0.05, 0.1) is 17.8 Å². The average Bonchev–Trinajstić information content (AvgIpc) is 3.21. The van der Waals surface area contributed by atoms with Crippen LogP contribution >= 0.6 is 23.2 Å². The number of nitrogens with zero attached hydrogens (tertiary/aromatic N) is 2. The molecule has 0 radical (unpaired) electrons. The van der Waals surface area contributed by atoms with Crippen LogP contribution in [0.5, 0.6) is 0 Å². The molecule has 1 heterocycles. The third-order valence-corrected chi connectivity index (χ3v) is 5.91. The molecule has 1 aromatic heterocycles. The van der Waals surface area contributed by atoms with Crippen molar-refractivity contribution in [2.75, 3.05) is 7.11 Å². The number of ether oxygens (including phenoxy) is 1. The van der Waals surface area contributed by atoms with Crippen LogP contribution in [-0.4, -0.2) is 33.3 Å². The lowest BCUT2D eigenvalue weighted by atomic mass is 9.88. The lowest BCUT2D eigenvalue weighted by Gasteiger charge is -2.22. The van der Waals surface area contributed by atoms with Crippen molar-refractivity contribution >= 4 is 35.2 Å². The summed E-state index contributed by atoms with van der Waals surface area (Å²) in [6, 6.07) is 15.2. The van der Waals surface area contributed by atoms with Gasteiger partial charge in [0, 0.05) is 22.7 Å². The number of methoxy groups -OCH3 is 1. The third kappa shape index (κ3) is 5.45. The summed E-state index contributed by atoms with van der Waals surface area (Å²) in [5.41, 5.74) is 1.13. The van der Waals surface area contributed by atoms with Crippen molar-refractivity contribution in [2.45, 2.75) is 18.1 Å². The fourth-order valence-corrected chi connectivity index (χ4v) is 4.08. The summed E-state index contributed by atoms with van der Waals surface area (Å²) in [6.45, 7) is -0.0332. The van der Waals surface area contributed by atoms with Crippen molar-refractivity contribution in [3.8, 4) is 11.3 Å². The minimum atomic E-state index is -1.27. The van der Waals surface area contributed by atoms with E-state index >= 15 is 0 Å². The summed E-state index contributed by atoms with van der Waals surface area (Å²) >= 11 is 12.3. The molecule has 0 fully saturated rings. The predicted octanol–water partition coefficient (Wildman–Crippen LogP) is 5.68. The van der Waals surface area contributed by atoms with Gasteiger partial charge in [-0.05, 0) is 48.1 Å². The molecule has 4 rings (SSSR count). The summed E-state index contributed by atoms with van der Waals surface area (Å²) < 4.78 is 6.45. The number of benzene rings is 2. The van der Waals surface area contributed by atoms with E-state index in [1.165, 1.54) is 7.11 Å². The van der Waals surface area contributed by atoms with E-state index in [0.717, 1.165) is 5.56 Å². The number of allylic oxidation sites excluding steroid dienone is 2. The van der Waals surface area contributed by atoms with E-state index in [1.807, 2.05) is 42.5 Å². The molecule has 3 aromatic rings. The summed E-state index contributed by atoms with van der Waals surface area (Å²) in [5.74, 6) is 0.152. The monoisotopic (exact) mass is 480 g/mol. The first-order valence-electron chi connectivity index (χ1n) is 10.3. The van der Waals surface area contributed by atoms with Crippen LogP contribution in [0.2, 0.25) is 10.0 Å².